The summed E-state index contributed by atoms with van der Waals surface area (Å²) in [5.41, 5.74) is 2.32. The Bertz CT molecular complexity index is 584. The summed E-state index contributed by atoms with van der Waals surface area (Å²) >= 11 is 0. The van der Waals surface area contributed by atoms with Crippen LogP contribution in [0.1, 0.15) is 53.4 Å². The molecule has 0 spiro atoms. The molecule has 2 rings (SSSR count). The molecule has 0 bridgehead atoms. The molecule has 1 fully saturated rings. The summed E-state index contributed by atoms with van der Waals surface area (Å²) in [5, 5.41) is 0. The highest BCUT2D eigenvalue weighted by atomic mass is 16.6. The lowest BCUT2D eigenvalue weighted by Gasteiger charge is -2.29. The maximum Gasteiger partial charge on any atom is 0.334 e. The van der Waals surface area contributed by atoms with Gasteiger partial charge in [0.05, 0.1) is 0 Å². The Labute approximate surface area is 144 Å². The fourth-order valence-electron chi connectivity index (χ4n) is 3.31. The SMILES string of the molecule is C=C1C(=O)OC2C=C(C)CCCC(C)C(OC(=O)C(C)=CC)CC12. The molecule has 0 aromatic carbocycles. The molecule has 24 heavy (non-hydrogen) atoms. The van der Waals surface area contributed by atoms with Crippen molar-refractivity contribution in [1.82, 2.24) is 0 Å². The van der Waals surface area contributed by atoms with Crippen molar-refractivity contribution in [2.24, 2.45) is 11.8 Å². The zero-order chi connectivity index (χ0) is 17.9. The summed E-state index contributed by atoms with van der Waals surface area (Å²) in [6.07, 6.45) is 6.81. The van der Waals surface area contributed by atoms with E-state index in [2.05, 4.69) is 20.4 Å². The topological polar surface area (TPSA) is 52.6 Å². The van der Waals surface area contributed by atoms with E-state index in [9.17, 15) is 9.59 Å². The lowest BCUT2D eigenvalue weighted by Crippen LogP contribution is -2.31. The van der Waals surface area contributed by atoms with E-state index in [1.54, 1.807) is 13.0 Å². The number of carbonyl (C=O) groups is 2. The number of allylic oxidation sites excluding steroid dienone is 2. The monoisotopic (exact) mass is 332 g/mol. The third-order valence-electron chi connectivity index (χ3n) is 5.16. The van der Waals surface area contributed by atoms with Gasteiger partial charge in [-0.2, -0.15) is 0 Å². The van der Waals surface area contributed by atoms with Gasteiger partial charge in [-0.3, -0.25) is 0 Å². The van der Waals surface area contributed by atoms with E-state index >= 15 is 0 Å². The zero-order valence-electron chi connectivity index (χ0n) is 15.1. The Kier molecular flexibility index (Phi) is 6.03. The molecule has 1 aliphatic carbocycles. The molecular weight excluding hydrogens is 304 g/mol. The van der Waals surface area contributed by atoms with E-state index in [-0.39, 0.29) is 36.0 Å². The summed E-state index contributed by atoms with van der Waals surface area (Å²) in [5.74, 6) is -0.522. The van der Waals surface area contributed by atoms with Crippen LogP contribution in [0.4, 0.5) is 0 Å². The van der Waals surface area contributed by atoms with Crippen LogP contribution in [0.15, 0.2) is 35.5 Å². The predicted molar refractivity (Wildman–Crippen MR) is 93.2 cm³/mol. The van der Waals surface area contributed by atoms with Gasteiger partial charge < -0.3 is 9.47 Å². The summed E-state index contributed by atoms with van der Waals surface area (Å²) < 4.78 is 11.2. The average Bonchev–Trinajstić information content (AvgIpc) is 2.79. The molecule has 2 aliphatic rings. The van der Waals surface area contributed by atoms with Crippen LogP contribution < -0.4 is 0 Å². The van der Waals surface area contributed by atoms with Gasteiger partial charge in [-0.05, 0) is 58.4 Å². The molecule has 0 amide bonds. The van der Waals surface area contributed by atoms with Crippen molar-refractivity contribution < 1.29 is 19.1 Å². The second kappa shape index (κ2) is 7.82. The van der Waals surface area contributed by atoms with Gasteiger partial charge >= 0.3 is 11.9 Å². The van der Waals surface area contributed by atoms with Gasteiger partial charge in [0, 0.05) is 17.1 Å². The van der Waals surface area contributed by atoms with Gasteiger partial charge in [0.2, 0.25) is 0 Å². The van der Waals surface area contributed by atoms with Crippen LogP contribution in [0.25, 0.3) is 0 Å². The zero-order valence-corrected chi connectivity index (χ0v) is 15.1. The summed E-state index contributed by atoms with van der Waals surface area (Å²) in [7, 11) is 0. The number of hydrogen-bond acceptors (Lipinski definition) is 4. The van der Waals surface area contributed by atoms with Crippen LogP contribution in [0, 0.1) is 11.8 Å². The van der Waals surface area contributed by atoms with E-state index in [0.717, 1.165) is 19.3 Å². The van der Waals surface area contributed by atoms with E-state index in [1.807, 2.05) is 13.0 Å². The quantitative estimate of drug-likeness (QED) is 0.434. The number of ether oxygens (including phenoxy) is 2. The minimum Gasteiger partial charge on any atom is -0.459 e. The number of carbonyl (C=O) groups excluding carboxylic acids is 2. The molecule has 1 aliphatic heterocycles. The Balaban J connectivity index is 2.25. The predicted octanol–water partition coefficient (Wildman–Crippen LogP) is 4.12. The highest BCUT2D eigenvalue weighted by molar-refractivity contribution is 5.91. The van der Waals surface area contributed by atoms with Gasteiger partial charge in [-0.1, -0.05) is 25.2 Å². The highest BCUT2D eigenvalue weighted by Crippen LogP contribution is 2.36. The molecule has 1 saturated heterocycles. The summed E-state index contributed by atoms with van der Waals surface area (Å²) in [6.45, 7) is 11.7. The number of rotatable bonds is 2. The minimum absolute atomic E-state index is 0.128. The van der Waals surface area contributed by atoms with Gasteiger partial charge in [0.15, 0.2) is 0 Å². The Hall–Kier alpha value is -1.84. The first kappa shape index (κ1) is 18.5. The molecule has 0 radical (unpaired) electrons. The first-order valence-corrected chi connectivity index (χ1v) is 8.74. The van der Waals surface area contributed by atoms with Crippen molar-refractivity contribution in [1.29, 1.82) is 0 Å². The van der Waals surface area contributed by atoms with Crippen LogP contribution >= 0.6 is 0 Å². The molecular formula is C20H28O4. The lowest BCUT2D eigenvalue weighted by molar-refractivity contribution is -0.148. The lowest BCUT2D eigenvalue weighted by atomic mass is 9.83. The second-order valence-corrected chi connectivity index (χ2v) is 7.04. The maximum absolute atomic E-state index is 12.2. The molecule has 4 unspecified atom stereocenters. The minimum atomic E-state index is -0.337. The average molecular weight is 332 g/mol. The Morgan fingerprint density at radius 1 is 1.46 bits per heavy atom. The van der Waals surface area contributed by atoms with E-state index < -0.39 is 0 Å². The van der Waals surface area contributed by atoms with Crippen molar-refractivity contribution in [2.75, 3.05) is 0 Å². The Morgan fingerprint density at radius 3 is 2.83 bits per heavy atom. The molecule has 0 N–H and O–H groups in total. The third kappa shape index (κ3) is 4.16. The smallest absolute Gasteiger partial charge is 0.334 e. The highest BCUT2D eigenvalue weighted by Gasteiger charge is 2.40. The van der Waals surface area contributed by atoms with E-state index in [0.29, 0.717) is 17.6 Å². The standard InChI is InChI=1S/C20H28O4/c1-6-13(3)19(21)23-17-11-16-15(5)20(22)24-18(16)10-12(2)8-7-9-14(17)4/h6,10,14,16-18H,5,7-9,11H2,1-4H3. The first-order chi connectivity index (χ1) is 11.3. The molecule has 0 aromatic heterocycles. The number of hydrogen-bond donors (Lipinski definition) is 0. The van der Waals surface area contributed by atoms with Crippen molar-refractivity contribution in [3.05, 3.63) is 35.5 Å². The molecule has 1 heterocycles. The molecule has 0 saturated carbocycles. The maximum atomic E-state index is 12.2. The summed E-state index contributed by atoms with van der Waals surface area (Å²) in [4.78, 5) is 24.1. The first-order valence-electron chi connectivity index (χ1n) is 8.74. The van der Waals surface area contributed by atoms with Crippen molar-refractivity contribution >= 4 is 11.9 Å². The Morgan fingerprint density at radius 2 is 2.17 bits per heavy atom. The van der Waals surface area contributed by atoms with Gasteiger partial charge in [0.1, 0.15) is 12.2 Å². The molecule has 132 valence electrons. The largest absolute Gasteiger partial charge is 0.459 e. The normalized spacial score (nSPS) is 31.8. The molecule has 4 atom stereocenters. The number of fused-ring (bicyclic) bond motifs is 1. The van der Waals surface area contributed by atoms with Gasteiger partial charge in [0.25, 0.3) is 0 Å². The van der Waals surface area contributed by atoms with Gasteiger partial charge in [-0.25, -0.2) is 9.59 Å². The molecule has 4 nitrogen and oxygen atoms in total. The van der Waals surface area contributed by atoms with Crippen LogP contribution in [0.2, 0.25) is 0 Å². The van der Waals surface area contributed by atoms with Crippen molar-refractivity contribution in [3.63, 3.8) is 0 Å². The second-order valence-electron chi connectivity index (χ2n) is 7.04. The van der Waals surface area contributed by atoms with Gasteiger partial charge in [-0.15, -0.1) is 0 Å². The van der Waals surface area contributed by atoms with Crippen LogP contribution in [-0.4, -0.2) is 24.1 Å². The van der Waals surface area contributed by atoms with Crippen LogP contribution in [-0.2, 0) is 19.1 Å². The third-order valence-corrected chi connectivity index (χ3v) is 5.16. The van der Waals surface area contributed by atoms with Crippen molar-refractivity contribution in [2.45, 2.75) is 65.6 Å². The van der Waals surface area contributed by atoms with E-state index in [1.165, 1.54) is 5.57 Å². The number of esters is 2. The molecule has 0 aromatic rings. The van der Waals surface area contributed by atoms with Crippen LogP contribution in [0.5, 0.6) is 0 Å². The van der Waals surface area contributed by atoms with E-state index in [4.69, 9.17) is 9.47 Å². The molecule has 4 heteroatoms. The summed E-state index contributed by atoms with van der Waals surface area (Å²) in [6, 6.07) is 0. The van der Waals surface area contributed by atoms with Crippen molar-refractivity contribution in [3.8, 4) is 0 Å². The van der Waals surface area contributed by atoms with Crippen LogP contribution in [0.3, 0.4) is 0 Å². The fourth-order valence-corrected chi connectivity index (χ4v) is 3.31. The fraction of sp³-hybridized carbons (Fsp3) is 0.600.